The Bertz CT molecular complexity index is 1680. The Hall–Kier alpha value is -3.70. The standard InChI is InChI=1S/C38H50FN3O6S/c1-10-45-31-20-41(16-15-28(31)34(43)47-37(4,5)6)35-40-30(22-49-35)27-13-11-12-23(2)33(27)46-21-25-18-24(3)29-19-42(17-14-26(29)32(25)39)36(44)48-38(7,8)9/h11-13,18,22,28,31H,10,14-17,19-21H2,1-9H3/t28-,31+/m0/s1. The highest BCUT2D eigenvalue weighted by Crippen LogP contribution is 2.38. The number of rotatable bonds is 8. The molecule has 0 saturated carbocycles. The molecule has 3 aromatic rings. The van der Waals surface area contributed by atoms with Crippen molar-refractivity contribution >= 4 is 28.5 Å². The maximum atomic E-state index is 15.9. The Morgan fingerprint density at radius 1 is 1.02 bits per heavy atom. The molecule has 1 amide bonds. The van der Waals surface area contributed by atoms with Gasteiger partial charge >= 0.3 is 12.1 Å². The fraction of sp³-hybridized carbons (Fsp3) is 0.553. The number of amides is 1. The van der Waals surface area contributed by atoms with Crippen LogP contribution in [0.1, 0.15) is 82.7 Å². The van der Waals surface area contributed by atoms with Gasteiger partial charge in [0.25, 0.3) is 0 Å². The van der Waals surface area contributed by atoms with Gasteiger partial charge in [0, 0.05) is 49.3 Å². The SMILES string of the molecule is CCO[C@@H]1CN(c2nc(-c3cccc(C)c3OCc3cc(C)c4c(c3F)CCN(C(=O)OC(C)(C)C)C4)cs2)CC[C@@H]1C(=O)OC(C)(C)C. The first-order valence-corrected chi connectivity index (χ1v) is 18.0. The van der Waals surface area contributed by atoms with Crippen molar-refractivity contribution in [2.45, 2.75) is 106 Å². The lowest BCUT2D eigenvalue weighted by Gasteiger charge is -2.38. The molecule has 49 heavy (non-hydrogen) atoms. The molecule has 0 aliphatic carbocycles. The van der Waals surface area contributed by atoms with E-state index in [4.69, 9.17) is 23.9 Å². The van der Waals surface area contributed by atoms with Gasteiger partial charge in [-0.25, -0.2) is 14.2 Å². The molecule has 0 N–H and O–H groups in total. The minimum atomic E-state index is -0.597. The molecule has 9 nitrogen and oxygen atoms in total. The van der Waals surface area contributed by atoms with Crippen molar-refractivity contribution < 1.29 is 32.9 Å². The van der Waals surface area contributed by atoms with Crippen LogP contribution in [0.2, 0.25) is 0 Å². The first-order valence-electron chi connectivity index (χ1n) is 17.1. The highest BCUT2D eigenvalue weighted by molar-refractivity contribution is 7.14. The number of aromatic nitrogens is 1. The van der Waals surface area contributed by atoms with Crippen LogP contribution >= 0.6 is 11.3 Å². The molecule has 266 valence electrons. The first kappa shape index (κ1) is 36.6. The second-order valence-electron chi connectivity index (χ2n) is 14.9. The summed E-state index contributed by atoms with van der Waals surface area (Å²) < 4.78 is 39.6. The molecule has 3 heterocycles. The van der Waals surface area contributed by atoms with E-state index in [1.807, 2.05) is 92.0 Å². The largest absolute Gasteiger partial charge is 0.488 e. The molecule has 1 fully saturated rings. The highest BCUT2D eigenvalue weighted by Gasteiger charge is 2.38. The highest BCUT2D eigenvalue weighted by atomic mass is 32.1. The van der Waals surface area contributed by atoms with Crippen LogP contribution in [-0.4, -0.2) is 65.5 Å². The van der Waals surface area contributed by atoms with Crippen molar-refractivity contribution in [3.8, 4) is 17.0 Å². The van der Waals surface area contributed by atoms with Crippen LogP contribution in [-0.2, 0) is 38.6 Å². The van der Waals surface area contributed by atoms with Gasteiger partial charge in [-0.15, -0.1) is 11.3 Å². The molecule has 2 aromatic carbocycles. The van der Waals surface area contributed by atoms with E-state index in [9.17, 15) is 9.59 Å². The monoisotopic (exact) mass is 695 g/mol. The lowest BCUT2D eigenvalue weighted by Crippen LogP contribution is -2.49. The van der Waals surface area contributed by atoms with E-state index in [1.165, 1.54) is 11.3 Å². The van der Waals surface area contributed by atoms with Crippen molar-refractivity contribution in [3.05, 3.63) is 63.3 Å². The van der Waals surface area contributed by atoms with Gasteiger partial charge in [0.2, 0.25) is 0 Å². The van der Waals surface area contributed by atoms with E-state index in [1.54, 1.807) is 4.90 Å². The molecular formula is C38H50FN3O6S. The Kier molecular flexibility index (Phi) is 10.9. The molecule has 0 spiro atoms. The molecule has 5 rings (SSSR count). The second kappa shape index (κ2) is 14.6. The summed E-state index contributed by atoms with van der Waals surface area (Å²) in [5.41, 5.74) is 4.22. The maximum Gasteiger partial charge on any atom is 0.410 e. The molecule has 0 bridgehead atoms. The predicted octanol–water partition coefficient (Wildman–Crippen LogP) is 8.01. The topological polar surface area (TPSA) is 90.4 Å². The molecule has 11 heteroatoms. The molecule has 2 aliphatic rings. The fourth-order valence-electron chi connectivity index (χ4n) is 6.41. The lowest BCUT2D eigenvalue weighted by molar-refractivity contribution is -0.166. The third-order valence-corrected chi connectivity index (χ3v) is 9.58. The van der Waals surface area contributed by atoms with Crippen molar-refractivity contribution in [1.29, 1.82) is 0 Å². The number of piperidine rings is 1. The molecule has 1 aromatic heterocycles. The number of carbonyl (C=O) groups excluding carboxylic acids is 2. The minimum Gasteiger partial charge on any atom is -0.488 e. The van der Waals surface area contributed by atoms with E-state index in [0.29, 0.717) is 62.5 Å². The number of ether oxygens (including phenoxy) is 4. The number of aryl methyl sites for hydroxylation is 2. The van der Waals surface area contributed by atoms with Gasteiger partial charge in [0.05, 0.1) is 17.7 Å². The molecule has 0 unspecified atom stereocenters. The zero-order chi connectivity index (χ0) is 35.7. The first-order chi connectivity index (χ1) is 23.0. The number of nitrogens with zero attached hydrogens (tertiary/aromatic N) is 3. The van der Waals surface area contributed by atoms with Gasteiger partial charge in [0.15, 0.2) is 5.13 Å². The average Bonchev–Trinajstić information content (AvgIpc) is 3.51. The number of thiazole rings is 1. The van der Waals surface area contributed by atoms with E-state index in [0.717, 1.165) is 33.1 Å². The number of fused-ring (bicyclic) bond motifs is 1. The smallest absolute Gasteiger partial charge is 0.410 e. The molecule has 2 atom stereocenters. The molecule has 1 saturated heterocycles. The lowest BCUT2D eigenvalue weighted by atomic mass is 9.92. The Balaban J connectivity index is 1.31. The number of carbonyl (C=O) groups is 2. The number of hydrogen-bond donors (Lipinski definition) is 0. The van der Waals surface area contributed by atoms with Crippen molar-refractivity contribution in [2.24, 2.45) is 5.92 Å². The van der Waals surface area contributed by atoms with Crippen molar-refractivity contribution in [3.63, 3.8) is 0 Å². The Morgan fingerprint density at radius 2 is 1.76 bits per heavy atom. The Morgan fingerprint density at radius 3 is 2.45 bits per heavy atom. The van der Waals surface area contributed by atoms with E-state index < -0.39 is 11.2 Å². The maximum absolute atomic E-state index is 15.9. The third kappa shape index (κ3) is 8.73. The zero-order valence-corrected chi connectivity index (χ0v) is 31.1. The zero-order valence-electron chi connectivity index (χ0n) is 30.3. The minimum absolute atomic E-state index is 0.0544. The predicted molar refractivity (Wildman–Crippen MR) is 190 cm³/mol. The summed E-state index contributed by atoms with van der Waals surface area (Å²) in [6.07, 6.45) is 0.333. The van der Waals surface area contributed by atoms with Gasteiger partial charge < -0.3 is 28.7 Å². The summed E-state index contributed by atoms with van der Waals surface area (Å²) in [6.45, 7) is 19.4. The van der Waals surface area contributed by atoms with Crippen LogP contribution in [0.25, 0.3) is 11.3 Å². The van der Waals surface area contributed by atoms with Crippen LogP contribution in [0.4, 0.5) is 14.3 Å². The van der Waals surface area contributed by atoms with Gasteiger partial charge in [-0.2, -0.15) is 0 Å². The fourth-order valence-corrected chi connectivity index (χ4v) is 7.27. The number of para-hydroxylation sites is 1. The normalized spacial score (nSPS) is 18.2. The van der Waals surface area contributed by atoms with Gasteiger partial charge in [0.1, 0.15) is 29.4 Å². The van der Waals surface area contributed by atoms with E-state index in [2.05, 4.69) is 4.90 Å². The number of anilines is 1. The second-order valence-corrected chi connectivity index (χ2v) is 15.7. The van der Waals surface area contributed by atoms with Crippen LogP contribution in [0.5, 0.6) is 5.75 Å². The summed E-state index contributed by atoms with van der Waals surface area (Å²) in [5, 5.41) is 2.85. The average molecular weight is 696 g/mol. The van der Waals surface area contributed by atoms with Crippen molar-refractivity contribution in [2.75, 3.05) is 31.1 Å². The third-order valence-electron chi connectivity index (χ3n) is 8.68. The number of esters is 1. The van der Waals surface area contributed by atoms with E-state index in [-0.39, 0.29) is 36.5 Å². The van der Waals surface area contributed by atoms with Crippen molar-refractivity contribution in [1.82, 2.24) is 9.88 Å². The molecule has 2 aliphatic heterocycles. The summed E-state index contributed by atoms with van der Waals surface area (Å²) in [4.78, 5) is 34.5. The summed E-state index contributed by atoms with van der Waals surface area (Å²) >= 11 is 1.54. The van der Waals surface area contributed by atoms with Crippen LogP contribution in [0.3, 0.4) is 0 Å². The van der Waals surface area contributed by atoms with Crippen LogP contribution in [0.15, 0.2) is 29.6 Å². The van der Waals surface area contributed by atoms with Crippen LogP contribution < -0.4 is 9.64 Å². The van der Waals surface area contributed by atoms with Crippen LogP contribution in [0, 0.1) is 25.6 Å². The summed E-state index contributed by atoms with van der Waals surface area (Å²) in [7, 11) is 0. The summed E-state index contributed by atoms with van der Waals surface area (Å²) in [5.74, 6) is -0.182. The van der Waals surface area contributed by atoms with Gasteiger partial charge in [-0.1, -0.05) is 12.1 Å². The van der Waals surface area contributed by atoms with E-state index >= 15 is 4.39 Å². The molecular weight excluding hydrogens is 645 g/mol. The van der Waals surface area contributed by atoms with Gasteiger partial charge in [-0.05, 0) is 110 Å². The Labute approximate surface area is 293 Å². The molecule has 0 radical (unpaired) electrons. The number of hydrogen-bond acceptors (Lipinski definition) is 9. The number of benzene rings is 2. The quantitative estimate of drug-likeness (QED) is 0.219. The summed E-state index contributed by atoms with van der Waals surface area (Å²) in [6, 6.07) is 7.73. The number of halogens is 1. The van der Waals surface area contributed by atoms with Gasteiger partial charge in [-0.3, -0.25) is 4.79 Å².